The Bertz CT molecular complexity index is 701. The fourth-order valence-electron chi connectivity index (χ4n) is 2.32. The van der Waals surface area contributed by atoms with Crippen LogP contribution < -0.4 is 0 Å². The molecule has 0 aliphatic rings. The molecule has 118 valence electrons. The Morgan fingerprint density at radius 2 is 1.95 bits per heavy atom. The zero-order valence-electron chi connectivity index (χ0n) is 13.3. The molecule has 0 aliphatic heterocycles. The van der Waals surface area contributed by atoms with Crippen molar-refractivity contribution in [2.45, 2.75) is 33.8 Å². The third-order valence-corrected chi connectivity index (χ3v) is 3.96. The summed E-state index contributed by atoms with van der Waals surface area (Å²) in [6.07, 6.45) is -0.941. The van der Waals surface area contributed by atoms with E-state index < -0.39 is 11.5 Å². The standard InChI is InChI=1S/C18H21ClO3/c1-11-9-12-7-5-6-8-13(12)16(19)15(11)14(20)10-22-17(21)18(2,3)4/h5-9,14,20H,10H2,1-4H3/t14-/m0/s1. The van der Waals surface area contributed by atoms with Crippen LogP contribution in [0.1, 0.15) is 38.0 Å². The SMILES string of the molecule is Cc1cc2ccccc2c(Cl)c1[C@@H](O)COC(=O)C(C)(C)C. The largest absolute Gasteiger partial charge is 0.462 e. The predicted molar refractivity (Wildman–Crippen MR) is 89.1 cm³/mol. The molecule has 3 nitrogen and oxygen atoms in total. The Morgan fingerprint density at radius 1 is 1.32 bits per heavy atom. The van der Waals surface area contributed by atoms with Gasteiger partial charge in [0.2, 0.25) is 0 Å². The normalized spacial score (nSPS) is 13.2. The van der Waals surface area contributed by atoms with E-state index in [0.717, 1.165) is 16.3 Å². The van der Waals surface area contributed by atoms with Gasteiger partial charge in [-0.25, -0.2) is 0 Å². The van der Waals surface area contributed by atoms with Crippen LogP contribution in [0.15, 0.2) is 30.3 Å². The highest BCUT2D eigenvalue weighted by molar-refractivity contribution is 6.36. The first-order valence-electron chi connectivity index (χ1n) is 7.25. The van der Waals surface area contributed by atoms with Crippen LogP contribution in [0.5, 0.6) is 0 Å². The van der Waals surface area contributed by atoms with Crippen LogP contribution in [0.3, 0.4) is 0 Å². The maximum atomic E-state index is 11.8. The first kappa shape index (κ1) is 16.8. The van der Waals surface area contributed by atoms with Crippen molar-refractivity contribution >= 4 is 28.3 Å². The van der Waals surface area contributed by atoms with Gasteiger partial charge < -0.3 is 9.84 Å². The molecule has 0 fully saturated rings. The molecule has 2 rings (SSSR count). The topological polar surface area (TPSA) is 46.5 Å². The highest BCUT2D eigenvalue weighted by atomic mass is 35.5. The number of carbonyl (C=O) groups excluding carboxylic acids is 1. The third-order valence-electron chi connectivity index (χ3n) is 3.55. The molecule has 0 saturated heterocycles. The summed E-state index contributed by atoms with van der Waals surface area (Å²) in [6, 6.07) is 9.71. The second-order valence-electron chi connectivity index (χ2n) is 6.51. The van der Waals surface area contributed by atoms with Crippen LogP contribution in [-0.4, -0.2) is 17.7 Å². The maximum absolute atomic E-state index is 11.8. The number of carbonyl (C=O) groups is 1. The van der Waals surface area contributed by atoms with Crippen molar-refractivity contribution in [3.63, 3.8) is 0 Å². The van der Waals surface area contributed by atoms with E-state index in [1.165, 1.54) is 0 Å². The van der Waals surface area contributed by atoms with E-state index in [1.807, 2.05) is 37.3 Å². The molecule has 0 heterocycles. The van der Waals surface area contributed by atoms with Crippen molar-refractivity contribution in [3.8, 4) is 0 Å². The van der Waals surface area contributed by atoms with Crippen LogP contribution in [0.2, 0.25) is 5.02 Å². The van der Waals surface area contributed by atoms with Crippen LogP contribution in [0.25, 0.3) is 10.8 Å². The predicted octanol–water partition coefficient (Wildman–Crippen LogP) is 4.42. The Hall–Kier alpha value is -1.58. The molecule has 22 heavy (non-hydrogen) atoms. The Labute approximate surface area is 135 Å². The van der Waals surface area contributed by atoms with Gasteiger partial charge in [-0.3, -0.25) is 4.79 Å². The number of hydrogen-bond acceptors (Lipinski definition) is 3. The van der Waals surface area contributed by atoms with E-state index >= 15 is 0 Å². The van der Waals surface area contributed by atoms with Crippen molar-refractivity contribution in [1.82, 2.24) is 0 Å². The van der Waals surface area contributed by atoms with E-state index in [2.05, 4.69) is 0 Å². The Morgan fingerprint density at radius 3 is 2.59 bits per heavy atom. The Kier molecular flexibility index (Phi) is 4.78. The van der Waals surface area contributed by atoms with Crippen LogP contribution in [-0.2, 0) is 9.53 Å². The summed E-state index contributed by atoms with van der Waals surface area (Å²) in [6.45, 7) is 7.11. The van der Waals surface area contributed by atoms with Gasteiger partial charge in [-0.2, -0.15) is 0 Å². The number of aliphatic hydroxyl groups excluding tert-OH is 1. The quantitative estimate of drug-likeness (QED) is 0.851. The smallest absolute Gasteiger partial charge is 0.311 e. The maximum Gasteiger partial charge on any atom is 0.311 e. The Balaban J connectivity index is 2.28. The van der Waals surface area contributed by atoms with Gasteiger partial charge in [0, 0.05) is 10.9 Å². The number of aryl methyl sites for hydroxylation is 1. The van der Waals surface area contributed by atoms with Gasteiger partial charge in [0.15, 0.2) is 0 Å². The summed E-state index contributed by atoms with van der Waals surface area (Å²) in [5, 5.41) is 12.8. The lowest BCUT2D eigenvalue weighted by Crippen LogP contribution is -2.25. The van der Waals surface area contributed by atoms with Crippen LogP contribution in [0, 0.1) is 12.3 Å². The second-order valence-corrected chi connectivity index (χ2v) is 6.88. The minimum Gasteiger partial charge on any atom is -0.462 e. The summed E-state index contributed by atoms with van der Waals surface area (Å²) in [4.78, 5) is 11.8. The minimum absolute atomic E-state index is 0.102. The van der Waals surface area contributed by atoms with Gasteiger partial charge in [-0.1, -0.05) is 41.9 Å². The monoisotopic (exact) mass is 320 g/mol. The molecule has 0 amide bonds. The summed E-state index contributed by atoms with van der Waals surface area (Å²) in [5.41, 5.74) is 0.896. The average molecular weight is 321 g/mol. The van der Waals surface area contributed by atoms with E-state index in [1.54, 1.807) is 20.8 Å². The molecule has 1 atom stereocenters. The number of hydrogen-bond donors (Lipinski definition) is 1. The summed E-state index contributed by atoms with van der Waals surface area (Å²) in [5.74, 6) is -0.346. The van der Waals surface area contributed by atoms with Crippen molar-refractivity contribution in [1.29, 1.82) is 0 Å². The molecule has 1 N–H and O–H groups in total. The van der Waals surface area contributed by atoms with Gasteiger partial charge in [0.1, 0.15) is 12.7 Å². The molecule has 0 radical (unpaired) electrons. The van der Waals surface area contributed by atoms with Gasteiger partial charge in [0.05, 0.1) is 10.4 Å². The molecule has 0 spiro atoms. The number of halogens is 1. The number of fused-ring (bicyclic) bond motifs is 1. The molecule has 0 bridgehead atoms. The molecule has 0 aliphatic carbocycles. The molecular formula is C18H21ClO3. The average Bonchev–Trinajstić information content (AvgIpc) is 2.43. The fraction of sp³-hybridized carbons (Fsp3) is 0.389. The van der Waals surface area contributed by atoms with E-state index in [0.29, 0.717) is 10.6 Å². The summed E-state index contributed by atoms with van der Waals surface area (Å²) >= 11 is 6.45. The van der Waals surface area contributed by atoms with E-state index in [9.17, 15) is 9.90 Å². The summed E-state index contributed by atoms with van der Waals surface area (Å²) < 4.78 is 5.20. The highest BCUT2D eigenvalue weighted by Gasteiger charge is 2.25. The number of ether oxygens (including phenoxy) is 1. The fourth-order valence-corrected chi connectivity index (χ4v) is 2.76. The molecule has 2 aromatic carbocycles. The first-order chi connectivity index (χ1) is 10.2. The highest BCUT2D eigenvalue weighted by Crippen LogP contribution is 2.34. The second kappa shape index (κ2) is 6.27. The number of esters is 1. The van der Waals surface area contributed by atoms with Crippen molar-refractivity contribution in [2.75, 3.05) is 6.61 Å². The first-order valence-corrected chi connectivity index (χ1v) is 7.62. The van der Waals surface area contributed by atoms with Gasteiger partial charge in [0.25, 0.3) is 0 Å². The lowest BCUT2D eigenvalue weighted by Gasteiger charge is -2.21. The molecule has 4 heteroatoms. The van der Waals surface area contributed by atoms with Crippen molar-refractivity contribution in [3.05, 3.63) is 46.5 Å². The van der Waals surface area contributed by atoms with Crippen molar-refractivity contribution < 1.29 is 14.6 Å². The zero-order chi connectivity index (χ0) is 16.5. The molecule has 2 aromatic rings. The van der Waals surface area contributed by atoms with Gasteiger partial charge in [-0.05, 0) is 38.6 Å². The zero-order valence-corrected chi connectivity index (χ0v) is 14.1. The van der Waals surface area contributed by atoms with Gasteiger partial charge >= 0.3 is 5.97 Å². The van der Waals surface area contributed by atoms with Gasteiger partial charge in [-0.15, -0.1) is 0 Å². The van der Waals surface area contributed by atoms with E-state index in [-0.39, 0.29) is 12.6 Å². The van der Waals surface area contributed by atoms with E-state index in [4.69, 9.17) is 16.3 Å². The molecular weight excluding hydrogens is 300 g/mol. The number of rotatable bonds is 3. The number of benzene rings is 2. The van der Waals surface area contributed by atoms with Crippen LogP contribution >= 0.6 is 11.6 Å². The summed E-state index contributed by atoms with van der Waals surface area (Å²) in [7, 11) is 0. The molecule has 0 aromatic heterocycles. The molecule has 0 saturated carbocycles. The molecule has 0 unspecified atom stereocenters. The third kappa shape index (κ3) is 3.42. The minimum atomic E-state index is -0.941. The number of aliphatic hydroxyl groups is 1. The lowest BCUT2D eigenvalue weighted by molar-refractivity contribution is -0.156. The van der Waals surface area contributed by atoms with Crippen LogP contribution in [0.4, 0.5) is 0 Å². The lowest BCUT2D eigenvalue weighted by atomic mass is 9.97. The van der Waals surface area contributed by atoms with Crippen molar-refractivity contribution in [2.24, 2.45) is 5.41 Å².